The number of benzene rings is 1. The lowest BCUT2D eigenvalue weighted by molar-refractivity contribution is -0.139. The van der Waals surface area contributed by atoms with E-state index < -0.39 is 0 Å². The monoisotopic (exact) mass is 340 g/mol. The van der Waals surface area contributed by atoms with Gasteiger partial charge in [0.1, 0.15) is 0 Å². The van der Waals surface area contributed by atoms with Crippen LogP contribution in [0.4, 0.5) is 0 Å². The van der Waals surface area contributed by atoms with Gasteiger partial charge in [-0.25, -0.2) is 0 Å². The van der Waals surface area contributed by atoms with E-state index in [4.69, 9.17) is 0 Å². The second-order valence-corrected chi connectivity index (χ2v) is 8.15. The van der Waals surface area contributed by atoms with Gasteiger partial charge in [0, 0.05) is 31.1 Å². The van der Waals surface area contributed by atoms with Crippen molar-refractivity contribution in [1.82, 2.24) is 10.2 Å². The molecular formula is C21H28N2O2. The van der Waals surface area contributed by atoms with Crippen LogP contribution < -0.4 is 5.32 Å². The summed E-state index contributed by atoms with van der Waals surface area (Å²) < 4.78 is 0. The quantitative estimate of drug-likeness (QED) is 0.916. The van der Waals surface area contributed by atoms with E-state index in [0.717, 1.165) is 38.3 Å². The summed E-state index contributed by atoms with van der Waals surface area (Å²) in [6, 6.07) is 9.34. The molecule has 3 fully saturated rings. The highest BCUT2D eigenvalue weighted by Crippen LogP contribution is 2.49. The number of hydrogen-bond donors (Lipinski definition) is 1. The van der Waals surface area contributed by atoms with Crippen molar-refractivity contribution in [2.45, 2.75) is 38.5 Å². The van der Waals surface area contributed by atoms with Crippen molar-refractivity contribution in [2.24, 2.45) is 23.7 Å². The molecule has 1 aromatic rings. The van der Waals surface area contributed by atoms with Gasteiger partial charge in [0.05, 0.1) is 0 Å². The third-order valence-corrected chi connectivity index (χ3v) is 6.47. The van der Waals surface area contributed by atoms with Crippen molar-refractivity contribution < 1.29 is 9.59 Å². The van der Waals surface area contributed by atoms with Crippen LogP contribution in [-0.4, -0.2) is 36.3 Å². The molecule has 2 saturated carbocycles. The highest BCUT2D eigenvalue weighted by molar-refractivity contribution is 5.94. The minimum absolute atomic E-state index is 0.0165. The number of hydrogen-bond acceptors (Lipinski definition) is 2. The van der Waals surface area contributed by atoms with E-state index in [2.05, 4.69) is 10.2 Å². The third-order valence-electron chi connectivity index (χ3n) is 6.47. The molecule has 4 heteroatoms. The SMILES string of the molecule is O=C(NCC1CCCN(C(=O)C2CC3CCC2C3)C1)c1ccccc1. The number of rotatable bonds is 4. The average Bonchev–Trinajstić information content (AvgIpc) is 3.30. The number of nitrogens with one attached hydrogen (secondary N) is 1. The number of carbonyl (C=O) groups is 2. The molecule has 2 bridgehead atoms. The van der Waals surface area contributed by atoms with E-state index in [1.165, 1.54) is 19.3 Å². The molecule has 2 amide bonds. The molecule has 4 rings (SSSR count). The zero-order valence-electron chi connectivity index (χ0n) is 14.8. The lowest BCUT2D eigenvalue weighted by Gasteiger charge is -2.36. The molecule has 1 heterocycles. The summed E-state index contributed by atoms with van der Waals surface area (Å²) in [5, 5.41) is 3.05. The largest absolute Gasteiger partial charge is 0.352 e. The van der Waals surface area contributed by atoms with Gasteiger partial charge in [-0.05, 0) is 62.0 Å². The summed E-state index contributed by atoms with van der Waals surface area (Å²) >= 11 is 0. The summed E-state index contributed by atoms with van der Waals surface area (Å²) in [7, 11) is 0. The number of piperidine rings is 1. The Morgan fingerprint density at radius 2 is 1.92 bits per heavy atom. The van der Waals surface area contributed by atoms with Crippen LogP contribution in [0.1, 0.15) is 48.9 Å². The van der Waals surface area contributed by atoms with Crippen molar-refractivity contribution in [2.75, 3.05) is 19.6 Å². The molecule has 0 spiro atoms. The fourth-order valence-corrected chi connectivity index (χ4v) is 5.14. The fourth-order valence-electron chi connectivity index (χ4n) is 5.14. The number of likely N-dealkylation sites (tertiary alicyclic amines) is 1. The van der Waals surface area contributed by atoms with Crippen LogP contribution in [0.2, 0.25) is 0 Å². The van der Waals surface area contributed by atoms with Gasteiger partial charge >= 0.3 is 0 Å². The van der Waals surface area contributed by atoms with Crippen molar-refractivity contribution in [3.63, 3.8) is 0 Å². The number of nitrogens with zero attached hydrogens (tertiary/aromatic N) is 1. The molecule has 134 valence electrons. The van der Waals surface area contributed by atoms with Gasteiger partial charge in [-0.15, -0.1) is 0 Å². The van der Waals surface area contributed by atoms with Crippen LogP contribution in [0.15, 0.2) is 30.3 Å². The maximum Gasteiger partial charge on any atom is 0.251 e. The summed E-state index contributed by atoms with van der Waals surface area (Å²) in [5.41, 5.74) is 0.702. The highest BCUT2D eigenvalue weighted by Gasteiger charge is 2.44. The average molecular weight is 340 g/mol. The van der Waals surface area contributed by atoms with Crippen molar-refractivity contribution in [3.05, 3.63) is 35.9 Å². The highest BCUT2D eigenvalue weighted by atomic mass is 16.2. The first-order valence-electron chi connectivity index (χ1n) is 9.82. The van der Waals surface area contributed by atoms with E-state index in [-0.39, 0.29) is 11.8 Å². The van der Waals surface area contributed by atoms with Crippen molar-refractivity contribution in [1.29, 1.82) is 0 Å². The minimum Gasteiger partial charge on any atom is -0.352 e. The third kappa shape index (κ3) is 3.58. The van der Waals surface area contributed by atoms with E-state index in [1.54, 1.807) is 0 Å². The topological polar surface area (TPSA) is 49.4 Å². The van der Waals surface area contributed by atoms with E-state index in [0.29, 0.717) is 29.9 Å². The van der Waals surface area contributed by atoms with Crippen LogP contribution in [0.5, 0.6) is 0 Å². The summed E-state index contributed by atoms with van der Waals surface area (Å²) in [6.45, 7) is 2.37. The molecule has 2 aliphatic carbocycles. The Bertz CT molecular complexity index is 630. The van der Waals surface area contributed by atoms with Crippen LogP contribution in [-0.2, 0) is 4.79 Å². The number of carbonyl (C=O) groups excluding carboxylic acids is 2. The lowest BCUT2D eigenvalue weighted by Crippen LogP contribution is -2.46. The molecule has 1 aliphatic heterocycles. The first kappa shape index (κ1) is 16.6. The first-order valence-corrected chi connectivity index (χ1v) is 9.82. The lowest BCUT2D eigenvalue weighted by atomic mass is 9.86. The zero-order valence-corrected chi connectivity index (χ0v) is 14.8. The van der Waals surface area contributed by atoms with Crippen LogP contribution in [0, 0.1) is 23.7 Å². The Morgan fingerprint density at radius 1 is 1.08 bits per heavy atom. The van der Waals surface area contributed by atoms with Gasteiger partial charge in [0.25, 0.3) is 5.91 Å². The molecule has 4 unspecified atom stereocenters. The molecule has 25 heavy (non-hydrogen) atoms. The predicted molar refractivity (Wildman–Crippen MR) is 97.0 cm³/mol. The maximum absolute atomic E-state index is 12.9. The number of amides is 2. The van der Waals surface area contributed by atoms with Crippen LogP contribution in [0.3, 0.4) is 0 Å². The van der Waals surface area contributed by atoms with Gasteiger partial charge in [0.2, 0.25) is 5.91 Å². The molecular weight excluding hydrogens is 312 g/mol. The normalized spacial score (nSPS) is 31.1. The minimum atomic E-state index is -0.0165. The first-order chi connectivity index (χ1) is 12.2. The second kappa shape index (κ2) is 7.19. The molecule has 0 aromatic heterocycles. The van der Waals surface area contributed by atoms with Gasteiger partial charge in [-0.1, -0.05) is 24.6 Å². The van der Waals surface area contributed by atoms with Crippen molar-refractivity contribution >= 4 is 11.8 Å². The van der Waals surface area contributed by atoms with Gasteiger partial charge < -0.3 is 10.2 Å². The smallest absolute Gasteiger partial charge is 0.251 e. The van der Waals surface area contributed by atoms with Gasteiger partial charge in [-0.2, -0.15) is 0 Å². The van der Waals surface area contributed by atoms with Gasteiger partial charge in [-0.3, -0.25) is 9.59 Å². The predicted octanol–water partition coefficient (Wildman–Crippen LogP) is 3.09. The second-order valence-electron chi connectivity index (χ2n) is 8.15. The fraction of sp³-hybridized carbons (Fsp3) is 0.619. The van der Waals surface area contributed by atoms with E-state index in [9.17, 15) is 9.59 Å². The molecule has 1 aromatic carbocycles. The van der Waals surface area contributed by atoms with E-state index in [1.807, 2.05) is 30.3 Å². The Balaban J connectivity index is 1.29. The Labute approximate surface area is 150 Å². The summed E-state index contributed by atoms with van der Waals surface area (Å²) in [4.78, 5) is 27.2. The molecule has 4 nitrogen and oxygen atoms in total. The summed E-state index contributed by atoms with van der Waals surface area (Å²) in [6.07, 6.45) is 7.14. The Hall–Kier alpha value is -1.84. The Kier molecular flexibility index (Phi) is 4.78. The molecule has 1 saturated heterocycles. The molecule has 4 atom stereocenters. The standard InChI is InChI=1S/C21H28N2O2/c24-20(17-6-2-1-3-7-17)22-13-16-5-4-10-23(14-16)21(25)19-12-15-8-9-18(19)11-15/h1-3,6-7,15-16,18-19H,4-5,8-14H2,(H,22,24). The van der Waals surface area contributed by atoms with E-state index >= 15 is 0 Å². The van der Waals surface area contributed by atoms with Crippen LogP contribution in [0.25, 0.3) is 0 Å². The maximum atomic E-state index is 12.9. The molecule has 3 aliphatic rings. The summed E-state index contributed by atoms with van der Waals surface area (Å²) in [5.74, 6) is 2.50. The van der Waals surface area contributed by atoms with Crippen molar-refractivity contribution in [3.8, 4) is 0 Å². The van der Waals surface area contributed by atoms with Gasteiger partial charge in [0.15, 0.2) is 0 Å². The molecule has 0 radical (unpaired) electrons. The van der Waals surface area contributed by atoms with Crippen LogP contribution >= 0.6 is 0 Å². The zero-order chi connectivity index (χ0) is 17.2. The Morgan fingerprint density at radius 3 is 2.64 bits per heavy atom. The molecule has 1 N–H and O–H groups in total. The number of fused-ring (bicyclic) bond motifs is 2.